The Labute approximate surface area is 228 Å². The molecule has 202 valence electrons. The summed E-state index contributed by atoms with van der Waals surface area (Å²) in [4.78, 5) is 13.1. The van der Waals surface area contributed by atoms with Crippen LogP contribution in [-0.2, 0) is 17.6 Å². The molecule has 0 aliphatic carbocycles. The first-order chi connectivity index (χ1) is 18.4. The maximum absolute atomic E-state index is 15.1. The lowest BCUT2D eigenvalue weighted by Crippen LogP contribution is -2.29. The van der Waals surface area contributed by atoms with Crippen molar-refractivity contribution in [3.8, 4) is 5.75 Å². The summed E-state index contributed by atoms with van der Waals surface area (Å²) in [7, 11) is 5.40. The van der Waals surface area contributed by atoms with Crippen molar-refractivity contribution in [2.75, 3.05) is 69.6 Å². The van der Waals surface area contributed by atoms with Gasteiger partial charge in [-0.25, -0.2) is 9.37 Å². The molecule has 1 aliphatic heterocycles. The van der Waals surface area contributed by atoms with Crippen LogP contribution >= 0.6 is 11.6 Å². The van der Waals surface area contributed by atoms with Gasteiger partial charge in [0, 0.05) is 58.3 Å². The largest absolute Gasteiger partial charge is 0.487 e. The average Bonchev–Trinajstić information content (AvgIpc) is 3.11. The second kappa shape index (κ2) is 12.9. The summed E-state index contributed by atoms with van der Waals surface area (Å²) in [5.74, 6) is 0.423. The Morgan fingerprint density at radius 1 is 1.16 bits per heavy atom. The van der Waals surface area contributed by atoms with Crippen LogP contribution in [-0.4, -0.2) is 68.9 Å². The molecule has 0 radical (unpaired) electrons. The Balaban J connectivity index is 1.54. The topological polar surface area (TPSA) is 74.8 Å². The first-order valence-electron chi connectivity index (χ1n) is 12.5. The van der Waals surface area contributed by atoms with Crippen molar-refractivity contribution in [2.24, 2.45) is 0 Å². The van der Waals surface area contributed by atoms with Crippen LogP contribution in [0.3, 0.4) is 0 Å². The summed E-state index contributed by atoms with van der Waals surface area (Å²) in [6.07, 6.45) is 5.03. The van der Waals surface area contributed by atoms with Crippen molar-refractivity contribution in [1.29, 1.82) is 0 Å². The van der Waals surface area contributed by atoms with E-state index in [1.54, 1.807) is 24.2 Å². The van der Waals surface area contributed by atoms with Gasteiger partial charge in [-0.3, -0.25) is 0 Å². The third kappa shape index (κ3) is 6.92. The fourth-order valence-corrected chi connectivity index (χ4v) is 4.40. The van der Waals surface area contributed by atoms with E-state index in [1.165, 1.54) is 23.4 Å². The lowest BCUT2D eigenvalue weighted by molar-refractivity contribution is 0.150. The molecule has 4 rings (SSSR count). The number of methoxy groups -OCH3 is 1. The third-order valence-electron chi connectivity index (χ3n) is 6.37. The molecule has 38 heavy (non-hydrogen) atoms. The van der Waals surface area contributed by atoms with Crippen molar-refractivity contribution in [1.82, 2.24) is 14.9 Å². The zero-order valence-electron chi connectivity index (χ0n) is 22.1. The van der Waals surface area contributed by atoms with Crippen LogP contribution < -0.4 is 20.3 Å². The van der Waals surface area contributed by atoms with Gasteiger partial charge in [0.15, 0.2) is 11.6 Å². The van der Waals surface area contributed by atoms with Crippen LogP contribution in [0.15, 0.2) is 49.2 Å². The number of nitrogens with zero attached hydrogens (tertiary/aromatic N) is 4. The summed E-state index contributed by atoms with van der Waals surface area (Å²) in [5.41, 5.74) is 4.31. The molecule has 0 bridgehead atoms. The van der Waals surface area contributed by atoms with Crippen LogP contribution in [0.4, 0.5) is 33.2 Å². The Kier molecular flexibility index (Phi) is 9.38. The second-order valence-electron chi connectivity index (χ2n) is 9.25. The summed E-state index contributed by atoms with van der Waals surface area (Å²) < 4.78 is 26.1. The number of rotatable bonds is 11. The van der Waals surface area contributed by atoms with Gasteiger partial charge in [-0.2, -0.15) is 4.98 Å². The molecule has 0 fully saturated rings. The number of benzene rings is 2. The smallest absolute Gasteiger partial charge is 0.229 e. The van der Waals surface area contributed by atoms with Gasteiger partial charge in [0.2, 0.25) is 5.95 Å². The fraction of sp³-hybridized carbons (Fsp3) is 0.357. The molecule has 10 heteroatoms. The third-order valence-corrected chi connectivity index (χ3v) is 6.64. The van der Waals surface area contributed by atoms with Crippen molar-refractivity contribution >= 4 is 40.4 Å². The van der Waals surface area contributed by atoms with Crippen molar-refractivity contribution < 1.29 is 13.9 Å². The van der Waals surface area contributed by atoms with E-state index in [4.69, 9.17) is 21.1 Å². The molecule has 8 nitrogen and oxygen atoms in total. The normalized spacial score (nSPS) is 13.4. The number of hydrogen-bond acceptors (Lipinski definition) is 8. The second-order valence-corrected chi connectivity index (χ2v) is 9.66. The van der Waals surface area contributed by atoms with Gasteiger partial charge in [0.05, 0.1) is 12.8 Å². The molecule has 0 spiro atoms. The molecule has 0 saturated carbocycles. The number of hydrogen-bond donors (Lipinski definition) is 2. The minimum Gasteiger partial charge on any atom is -0.487 e. The summed E-state index contributed by atoms with van der Waals surface area (Å²) in [6, 6.07) is 9.48. The summed E-state index contributed by atoms with van der Waals surface area (Å²) in [6.45, 7) is 7.57. The van der Waals surface area contributed by atoms with E-state index in [0.717, 1.165) is 44.8 Å². The lowest BCUT2D eigenvalue weighted by atomic mass is 10.0. The molecule has 0 amide bonds. The molecule has 2 N–H and O–H groups in total. The highest BCUT2D eigenvalue weighted by Crippen LogP contribution is 2.36. The van der Waals surface area contributed by atoms with E-state index in [9.17, 15) is 0 Å². The molecule has 1 aromatic heterocycles. The van der Waals surface area contributed by atoms with Crippen LogP contribution in [0.25, 0.3) is 0 Å². The van der Waals surface area contributed by atoms with Gasteiger partial charge < -0.3 is 29.9 Å². The van der Waals surface area contributed by atoms with Crippen molar-refractivity contribution in [2.45, 2.75) is 12.8 Å². The Morgan fingerprint density at radius 3 is 2.68 bits per heavy atom. The quantitative estimate of drug-likeness (QED) is 0.312. The van der Waals surface area contributed by atoms with Crippen LogP contribution in [0.5, 0.6) is 5.75 Å². The van der Waals surface area contributed by atoms with Gasteiger partial charge in [0.25, 0.3) is 0 Å². The number of nitrogens with one attached hydrogen (secondary N) is 2. The number of halogens is 2. The molecule has 0 unspecified atom stereocenters. The van der Waals surface area contributed by atoms with E-state index < -0.39 is 5.82 Å². The Hall–Kier alpha value is -3.40. The van der Waals surface area contributed by atoms with Crippen molar-refractivity contribution in [3.63, 3.8) is 0 Å². The van der Waals surface area contributed by atoms with E-state index in [1.807, 2.05) is 20.2 Å². The molecule has 1 aliphatic rings. The van der Waals surface area contributed by atoms with Gasteiger partial charge in [-0.15, -0.1) is 0 Å². The minimum absolute atomic E-state index is 0.132. The van der Waals surface area contributed by atoms with E-state index in [2.05, 4.69) is 44.2 Å². The first kappa shape index (κ1) is 27.6. The first-order valence-corrected chi connectivity index (χ1v) is 12.9. The summed E-state index contributed by atoms with van der Waals surface area (Å²) in [5, 5.41) is 6.51. The zero-order valence-corrected chi connectivity index (χ0v) is 22.8. The number of fused-ring (bicyclic) bond motifs is 1. The molecule has 0 atom stereocenters. The molecular weight excluding hydrogens is 507 g/mol. The monoisotopic (exact) mass is 540 g/mol. The zero-order chi connectivity index (χ0) is 27.1. The van der Waals surface area contributed by atoms with E-state index in [-0.39, 0.29) is 23.1 Å². The SMILES string of the molecule is C=CCOc1cc(N(C)C)cc(F)c1Nc1nc(Nc2ccc3c(c2)CCN(CCOC)CC3)ncc1Cl. The molecule has 3 aromatic rings. The highest BCUT2D eigenvalue weighted by atomic mass is 35.5. The minimum atomic E-state index is -0.496. The predicted molar refractivity (Wildman–Crippen MR) is 152 cm³/mol. The number of aromatic nitrogens is 2. The maximum Gasteiger partial charge on any atom is 0.229 e. The standard InChI is InChI=1S/C28H34ClFN6O2/c1-5-13-38-25-17-22(35(2)3)16-24(30)26(25)33-27-23(29)18-31-28(34-27)32-21-7-6-19-8-10-36(12-14-37-4)11-9-20(19)15-21/h5-7,15-18H,1,8-14H2,2-4H3,(H2,31,32,33,34). The van der Waals surface area contributed by atoms with Gasteiger partial charge in [-0.05, 0) is 42.2 Å². The van der Waals surface area contributed by atoms with Gasteiger partial charge >= 0.3 is 0 Å². The highest BCUT2D eigenvalue weighted by molar-refractivity contribution is 6.33. The molecule has 0 saturated heterocycles. The summed E-state index contributed by atoms with van der Waals surface area (Å²) >= 11 is 6.39. The van der Waals surface area contributed by atoms with Crippen LogP contribution in [0.1, 0.15) is 11.1 Å². The van der Waals surface area contributed by atoms with Crippen LogP contribution in [0.2, 0.25) is 5.02 Å². The van der Waals surface area contributed by atoms with E-state index in [0.29, 0.717) is 17.4 Å². The number of ether oxygens (including phenoxy) is 2. The predicted octanol–water partition coefficient (Wildman–Crippen LogP) is 5.43. The van der Waals surface area contributed by atoms with Gasteiger partial charge in [-0.1, -0.05) is 30.3 Å². The average molecular weight is 541 g/mol. The van der Waals surface area contributed by atoms with Gasteiger partial charge in [0.1, 0.15) is 23.1 Å². The molecule has 2 heterocycles. The lowest BCUT2D eigenvalue weighted by Gasteiger charge is -2.19. The fourth-order valence-electron chi connectivity index (χ4n) is 4.27. The van der Waals surface area contributed by atoms with E-state index >= 15 is 4.39 Å². The Bertz CT molecular complexity index is 1270. The molecule has 2 aromatic carbocycles. The molecular formula is C28H34ClFN6O2. The highest BCUT2D eigenvalue weighted by Gasteiger charge is 2.18. The Morgan fingerprint density at radius 2 is 1.95 bits per heavy atom. The van der Waals surface area contributed by atoms with Crippen LogP contribution in [0, 0.1) is 5.82 Å². The van der Waals surface area contributed by atoms with Crippen molar-refractivity contribution in [3.05, 3.63) is 71.2 Å². The number of anilines is 5. The maximum atomic E-state index is 15.1.